The Hall–Kier alpha value is -0.463. The van der Waals surface area contributed by atoms with E-state index in [9.17, 15) is 0 Å². The molecule has 1 aliphatic rings. The average Bonchev–Trinajstić information content (AvgIpc) is 2.38. The van der Waals surface area contributed by atoms with Gasteiger partial charge in [0.1, 0.15) is 0 Å². The van der Waals surface area contributed by atoms with E-state index in [1.165, 1.54) is 0 Å². The van der Waals surface area contributed by atoms with Crippen LogP contribution in [-0.2, 0) is 13.3 Å². The van der Waals surface area contributed by atoms with Crippen LogP contribution in [0.5, 0.6) is 0 Å². The van der Waals surface area contributed by atoms with Gasteiger partial charge in [0.25, 0.3) is 0 Å². The lowest BCUT2D eigenvalue weighted by atomic mass is 9.88. The van der Waals surface area contributed by atoms with E-state index < -0.39 is 8.97 Å². The molecule has 1 aliphatic carbocycles. The molecule has 98 valence electrons. The summed E-state index contributed by atoms with van der Waals surface area (Å²) in [4.78, 5) is 3.47. The van der Waals surface area contributed by atoms with Gasteiger partial charge in [0.15, 0.2) is 0 Å². The highest BCUT2D eigenvalue weighted by molar-refractivity contribution is 6.58. The Balaban J connectivity index is 2.85. The van der Waals surface area contributed by atoms with Crippen molar-refractivity contribution in [2.45, 2.75) is 31.7 Å². The van der Waals surface area contributed by atoms with Crippen molar-refractivity contribution in [1.29, 1.82) is 0 Å². The maximum Gasteiger partial charge on any atom is 0.596 e. The molecule has 0 fully saturated rings. The van der Waals surface area contributed by atoms with Crippen molar-refractivity contribution in [3.05, 3.63) is 24.3 Å². The van der Waals surface area contributed by atoms with Gasteiger partial charge in [-0.25, -0.2) is 0 Å². The van der Waals surface area contributed by atoms with Gasteiger partial charge in [-0.1, -0.05) is 37.6 Å². The Kier molecular flexibility index (Phi) is 5.55. The molecule has 0 aliphatic heterocycles. The topological polar surface area (TPSA) is 39.7 Å². The van der Waals surface area contributed by atoms with E-state index in [0.29, 0.717) is 0 Å². The normalized spacial score (nSPS) is 24.2. The van der Waals surface area contributed by atoms with E-state index in [1.54, 1.807) is 21.3 Å². The zero-order valence-corrected chi connectivity index (χ0v) is 12.2. The zero-order valence-electron chi connectivity index (χ0n) is 11.2. The fourth-order valence-electron chi connectivity index (χ4n) is 2.16. The second-order valence-corrected chi connectivity index (χ2v) is 6.78. The van der Waals surface area contributed by atoms with Crippen molar-refractivity contribution < 1.29 is 13.3 Å². The number of allylic oxidation sites excluding steroid dienone is 2. The Morgan fingerprint density at radius 3 is 2.24 bits per heavy atom. The van der Waals surface area contributed by atoms with Crippen LogP contribution in [0.15, 0.2) is 24.3 Å². The minimum atomic E-state index is -2.75. The molecular weight excluding hydrogens is 234 g/mol. The SMILES string of the molecule is CCCC1(N[Si](OC)(OC)OC)C=CC=CC1. The Morgan fingerprint density at radius 1 is 1.18 bits per heavy atom. The molecule has 0 amide bonds. The molecule has 0 bridgehead atoms. The lowest BCUT2D eigenvalue weighted by Gasteiger charge is -2.38. The minimum absolute atomic E-state index is 0.113. The molecule has 4 nitrogen and oxygen atoms in total. The second kappa shape index (κ2) is 6.46. The molecule has 5 heteroatoms. The maximum atomic E-state index is 5.44. The first-order valence-corrected chi connectivity index (χ1v) is 7.67. The molecule has 0 aromatic rings. The molecule has 0 aromatic carbocycles. The van der Waals surface area contributed by atoms with Crippen LogP contribution in [0.2, 0.25) is 0 Å². The Labute approximate surface area is 105 Å². The van der Waals surface area contributed by atoms with Crippen molar-refractivity contribution in [2.75, 3.05) is 21.3 Å². The van der Waals surface area contributed by atoms with Gasteiger partial charge < -0.3 is 13.3 Å². The van der Waals surface area contributed by atoms with Gasteiger partial charge in [-0.15, -0.1) is 0 Å². The number of hydrogen-bond donors (Lipinski definition) is 1. The standard InChI is InChI=1S/C12H23NO3Si/c1-5-9-12(10-7-6-8-11-12)13-17(14-2,15-3)16-4/h6-8,10,13H,5,9,11H2,1-4H3. The predicted octanol–water partition coefficient (Wildman–Crippen LogP) is 2.01. The average molecular weight is 257 g/mol. The minimum Gasteiger partial charge on any atom is -0.364 e. The summed E-state index contributed by atoms with van der Waals surface area (Å²) < 4.78 is 16.3. The first-order chi connectivity index (χ1) is 8.16. The molecular formula is C12H23NO3Si. The lowest BCUT2D eigenvalue weighted by Crippen LogP contribution is -2.65. The van der Waals surface area contributed by atoms with Crippen molar-refractivity contribution in [2.24, 2.45) is 0 Å². The summed E-state index contributed by atoms with van der Waals surface area (Å²) in [5, 5.41) is 0. The molecule has 0 heterocycles. The van der Waals surface area contributed by atoms with Crippen LogP contribution in [0.25, 0.3) is 0 Å². The molecule has 0 aromatic heterocycles. The molecule has 0 saturated carbocycles. The molecule has 17 heavy (non-hydrogen) atoms. The zero-order chi connectivity index (χ0) is 12.8. The summed E-state index contributed by atoms with van der Waals surface area (Å²) in [6, 6.07) is 0. The quantitative estimate of drug-likeness (QED) is 0.708. The summed E-state index contributed by atoms with van der Waals surface area (Å²) in [5.41, 5.74) is -0.113. The van der Waals surface area contributed by atoms with Gasteiger partial charge in [0.2, 0.25) is 0 Å². The van der Waals surface area contributed by atoms with Crippen LogP contribution in [0.4, 0.5) is 0 Å². The van der Waals surface area contributed by atoms with E-state index in [2.05, 4.69) is 36.2 Å². The summed E-state index contributed by atoms with van der Waals surface area (Å²) in [6.07, 6.45) is 11.5. The van der Waals surface area contributed by atoms with Gasteiger partial charge in [0, 0.05) is 26.9 Å². The van der Waals surface area contributed by atoms with Crippen LogP contribution in [0, 0.1) is 0 Å². The van der Waals surface area contributed by atoms with Gasteiger partial charge in [-0.3, -0.25) is 4.98 Å². The third-order valence-corrected chi connectivity index (χ3v) is 5.47. The van der Waals surface area contributed by atoms with E-state index in [1.807, 2.05) is 0 Å². The van der Waals surface area contributed by atoms with E-state index in [0.717, 1.165) is 19.3 Å². The largest absolute Gasteiger partial charge is 0.596 e. The van der Waals surface area contributed by atoms with Crippen molar-refractivity contribution >= 4 is 8.97 Å². The van der Waals surface area contributed by atoms with Gasteiger partial charge >= 0.3 is 8.97 Å². The first-order valence-electron chi connectivity index (χ1n) is 5.95. The van der Waals surface area contributed by atoms with Gasteiger partial charge in [-0.05, 0) is 12.8 Å². The van der Waals surface area contributed by atoms with Crippen LogP contribution >= 0.6 is 0 Å². The molecule has 1 atom stereocenters. The monoisotopic (exact) mass is 257 g/mol. The lowest BCUT2D eigenvalue weighted by molar-refractivity contribution is 0.0978. The fourth-order valence-corrected chi connectivity index (χ4v) is 3.89. The molecule has 0 radical (unpaired) electrons. The Bertz CT molecular complexity index is 281. The first kappa shape index (κ1) is 14.6. The molecule has 0 saturated heterocycles. The predicted molar refractivity (Wildman–Crippen MR) is 70.5 cm³/mol. The fraction of sp³-hybridized carbons (Fsp3) is 0.667. The Morgan fingerprint density at radius 2 is 1.82 bits per heavy atom. The maximum absolute atomic E-state index is 5.44. The van der Waals surface area contributed by atoms with E-state index >= 15 is 0 Å². The smallest absolute Gasteiger partial charge is 0.364 e. The molecule has 0 spiro atoms. The van der Waals surface area contributed by atoms with Crippen LogP contribution in [0.3, 0.4) is 0 Å². The van der Waals surface area contributed by atoms with Crippen molar-refractivity contribution in [1.82, 2.24) is 4.98 Å². The highest BCUT2D eigenvalue weighted by Gasteiger charge is 2.46. The van der Waals surface area contributed by atoms with Crippen LogP contribution < -0.4 is 4.98 Å². The van der Waals surface area contributed by atoms with Crippen LogP contribution in [-0.4, -0.2) is 35.8 Å². The van der Waals surface area contributed by atoms with Gasteiger partial charge in [0.05, 0.1) is 0 Å². The van der Waals surface area contributed by atoms with Crippen LogP contribution in [0.1, 0.15) is 26.2 Å². The third kappa shape index (κ3) is 3.50. The molecule has 1 unspecified atom stereocenters. The molecule has 1 rings (SSSR count). The summed E-state index contributed by atoms with van der Waals surface area (Å²) >= 11 is 0. The molecule has 1 N–H and O–H groups in total. The summed E-state index contributed by atoms with van der Waals surface area (Å²) in [5.74, 6) is 0. The highest BCUT2D eigenvalue weighted by Crippen LogP contribution is 2.25. The number of hydrogen-bond acceptors (Lipinski definition) is 4. The van der Waals surface area contributed by atoms with Gasteiger partial charge in [-0.2, -0.15) is 0 Å². The summed E-state index contributed by atoms with van der Waals surface area (Å²) in [7, 11) is 2.11. The summed E-state index contributed by atoms with van der Waals surface area (Å²) in [6.45, 7) is 2.17. The van der Waals surface area contributed by atoms with E-state index in [-0.39, 0.29) is 5.54 Å². The van der Waals surface area contributed by atoms with Crippen molar-refractivity contribution in [3.63, 3.8) is 0 Å². The number of nitrogens with one attached hydrogen (secondary N) is 1. The van der Waals surface area contributed by atoms with Crippen molar-refractivity contribution in [3.8, 4) is 0 Å². The third-order valence-electron chi connectivity index (χ3n) is 3.05. The number of rotatable bonds is 7. The highest BCUT2D eigenvalue weighted by atomic mass is 28.4. The second-order valence-electron chi connectivity index (χ2n) is 4.19. The van der Waals surface area contributed by atoms with E-state index in [4.69, 9.17) is 13.3 Å².